The lowest BCUT2D eigenvalue weighted by atomic mass is 10.2. The molecule has 0 saturated heterocycles. The van der Waals surface area contributed by atoms with E-state index in [1.807, 2.05) is 32.0 Å². The van der Waals surface area contributed by atoms with E-state index in [4.69, 9.17) is 9.47 Å². The highest BCUT2D eigenvalue weighted by Gasteiger charge is 1.97. The molecule has 1 aromatic carbocycles. The summed E-state index contributed by atoms with van der Waals surface area (Å²) in [4.78, 5) is 0. The van der Waals surface area contributed by atoms with Gasteiger partial charge < -0.3 is 14.8 Å². The van der Waals surface area contributed by atoms with Crippen molar-refractivity contribution in [3.8, 4) is 5.75 Å². The highest BCUT2D eigenvalue weighted by molar-refractivity contribution is 5.51. The zero-order valence-electron chi connectivity index (χ0n) is 11.5. The van der Waals surface area contributed by atoms with Crippen LogP contribution < -0.4 is 10.1 Å². The van der Waals surface area contributed by atoms with Gasteiger partial charge in [0.25, 0.3) is 0 Å². The molecule has 0 aliphatic heterocycles. The number of benzene rings is 1. The van der Waals surface area contributed by atoms with Gasteiger partial charge in [0.15, 0.2) is 0 Å². The Hall–Kier alpha value is -1.32. The predicted octanol–water partition coefficient (Wildman–Crippen LogP) is 2.72. The summed E-state index contributed by atoms with van der Waals surface area (Å²) in [5.74, 6) is 0.916. The van der Waals surface area contributed by atoms with Crippen molar-refractivity contribution in [3.63, 3.8) is 0 Å². The van der Waals surface area contributed by atoms with Gasteiger partial charge in [-0.3, -0.25) is 0 Å². The Morgan fingerprint density at radius 3 is 2.89 bits per heavy atom. The SMILES string of the molecule is COCCNCC=Cc1cccc(OC(C)C)c1. The van der Waals surface area contributed by atoms with E-state index in [1.165, 1.54) is 0 Å². The molecule has 3 heteroatoms. The summed E-state index contributed by atoms with van der Waals surface area (Å²) in [6.07, 6.45) is 4.40. The van der Waals surface area contributed by atoms with E-state index in [2.05, 4.69) is 23.5 Å². The molecule has 18 heavy (non-hydrogen) atoms. The first kappa shape index (κ1) is 14.7. The topological polar surface area (TPSA) is 30.5 Å². The van der Waals surface area contributed by atoms with Crippen molar-refractivity contribution in [1.29, 1.82) is 0 Å². The molecule has 0 fully saturated rings. The quantitative estimate of drug-likeness (QED) is 0.719. The fourth-order valence-corrected chi connectivity index (χ4v) is 1.52. The van der Waals surface area contributed by atoms with E-state index in [9.17, 15) is 0 Å². The average Bonchev–Trinajstić information content (AvgIpc) is 2.33. The Balaban J connectivity index is 2.39. The molecule has 3 nitrogen and oxygen atoms in total. The van der Waals surface area contributed by atoms with Gasteiger partial charge in [0, 0.05) is 20.2 Å². The molecule has 1 aromatic rings. The minimum atomic E-state index is 0.208. The molecule has 0 aliphatic rings. The summed E-state index contributed by atoms with van der Waals surface area (Å²) < 4.78 is 10.6. The normalized spacial score (nSPS) is 11.3. The van der Waals surface area contributed by atoms with Crippen LogP contribution in [-0.2, 0) is 4.74 Å². The molecule has 0 atom stereocenters. The van der Waals surface area contributed by atoms with Gasteiger partial charge in [-0.25, -0.2) is 0 Å². The maximum absolute atomic E-state index is 5.65. The Morgan fingerprint density at radius 1 is 1.33 bits per heavy atom. The summed E-state index contributed by atoms with van der Waals surface area (Å²) in [5.41, 5.74) is 1.15. The van der Waals surface area contributed by atoms with E-state index in [-0.39, 0.29) is 6.10 Å². The lowest BCUT2D eigenvalue weighted by Crippen LogP contribution is -2.18. The molecule has 0 amide bonds. The van der Waals surface area contributed by atoms with Gasteiger partial charge in [-0.05, 0) is 31.5 Å². The van der Waals surface area contributed by atoms with Gasteiger partial charge in [-0.2, -0.15) is 0 Å². The number of hydrogen-bond donors (Lipinski definition) is 1. The molecular weight excluding hydrogens is 226 g/mol. The lowest BCUT2D eigenvalue weighted by molar-refractivity contribution is 0.200. The molecule has 1 rings (SSSR count). The summed E-state index contributed by atoms with van der Waals surface area (Å²) >= 11 is 0. The molecule has 0 spiro atoms. The number of rotatable bonds is 8. The van der Waals surface area contributed by atoms with Crippen molar-refractivity contribution in [1.82, 2.24) is 5.32 Å². The van der Waals surface area contributed by atoms with Gasteiger partial charge >= 0.3 is 0 Å². The van der Waals surface area contributed by atoms with Crippen molar-refractivity contribution in [2.45, 2.75) is 20.0 Å². The smallest absolute Gasteiger partial charge is 0.120 e. The van der Waals surface area contributed by atoms with E-state index >= 15 is 0 Å². The number of methoxy groups -OCH3 is 1. The zero-order valence-corrected chi connectivity index (χ0v) is 11.5. The first-order valence-electron chi connectivity index (χ1n) is 6.35. The van der Waals surface area contributed by atoms with Crippen LogP contribution in [-0.4, -0.2) is 32.9 Å². The van der Waals surface area contributed by atoms with Crippen molar-refractivity contribution in [2.24, 2.45) is 0 Å². The fraction of sp³-hybridized carbons (Fsp3) is 0.467. The molecule has 0 aromatic heterocycles. The van der Waals surface area contributed by atoms with Crippen molar-refractivity contribution in [2.75, 3.05) is 26.8 Å². The second-order valence-electron chi connectivity index (χ2n) is 4.34. The maximum Gasteiger partial charge on any atom is 0.120 e. The Labute approximate surface area is 110 Å². The standard InChI is InChI=1S/C15H23NO2/c1-13(2)18-15-8-4-6-14(12-15)7-5-9-16-10-11-17-3/h4-8,12-13,16H,9-11H2,1-3H3. The molecule has 1 N–H and O–H groups in total. The van der Waals surface area contributed by atoms with Crippen LogP contribution in [0.25, 0.3) is 6.08 Å². The minimum absolute atomic E-state index is 0.208. The van der Waals surface area contributed by atoms with Crippen LogP contribution in [0.15, 0.2) is 30.3 Å². The van der Waals surface area contributed by atoms with Gasteiger partial charge in [0.05, 0.1) is 12.7 Å². The summed E-state index contributed by atoms with van der Waals surface area (Å²) in [6.45, 7) is 6.52. The van der Waals surface area contributed by atoms with Gasteiger partial charge in [-0.1, -0.05) is 24.3 Å². The lowest BCUT2D eigenvalue weighted by Gasteiger charge is -2.09. The molecule has 0 radical (unpaired) electrons. The predicted molar refractivity (Wildman–Crippen MR) is 76.0 cm³/mol. The van der Waals surface area contributed by atoms with Crippen LogP contribution in [0.5, 0.6) is 5.75 Å². The van der Waals surface area contributed by atoms with E-state index in [0.717, 1.165) is 31.0 Å². The van der Waals surface area contributed by atoms with Crippen LogP contribution >= 0.6 is 0 Å². The fourth-order valence-electron chi connectivity index (χ4n) is 1.52. The first-order valence-corrected chi connectivity index (χ1v) is 6.35. The second-order valence-corrected chi connectivity index (χ2v) is 4.34. The van der Waals surface area contributed by atoms with E-state index in [1.54, 1.807) is 7.11 Å². The largest absolute Gasteiger partial charge is 0.491 e. The maximum atomic E-state index is 5.65. The molecule has 100 valence electrons. The van der Waals surface area contributed by atoms with Crippen molar-refractivity contribution in [3.05, 3.63) is 35.9 Å². The third-order valence-corrected chi connectivity index (χ3v) is 2.29. The summed E-state index contributed by atoms with van der Waals surface area (Å²) in [5, 5.41) is 3.26. The number of nitrogens with one attached hydrogen (secondary N) is 1. The number of hydrogen-bond acceptors (Lipinski definition) is 3. The highest BCUT2D eigenvalue weighted by Crippen LogP contribution is 2.15. The van der Waals surface area contributed by atoms with Crippen LogP contribution in [0.4, 0.5) is 0 Å². The average molecular weight is 249 g/mol. The molecule has 0 saturated carbocycles. The minimum Gasteiger partial charge on any atom is -0.491 e. The zero-order chi connectivity index (χ0) is 13.2. The molecule has 0 heterocycles. The van der Waals surface area contributed by atoms with Crippen molar-refractivity contribution < 1.29 is 9.47 Å². The van der Waals surface area contributed by atoms with Crippen LogP contribution in [0, 0.1) is 0 Å². The highest BCUT2D eigenvalue weighted by atomic mass is 16.5. The van der Waals surface area contributed by atoms with E-state index in [0.29, 0.717) is 0 Å². The van der Waals surface area contributed by atoms with Crippen molar-refractivity contribution >= 4 is 6.08 Å². The number of ether oxygens (including phenoxy) is 2. The van der Waals surface area contributed by atoms with Gasteiger partial charge in [0.2, 0.25) is 0 Å². The first-order chi connectivity index (χ1) is 8.72. The van der Waals surface area contributed by atoms with Gasteiger partial charge in [0.1, 0.15) is 5.75 Å². The molecule has 0 aliphatic carbocycles. The van der Waals surface area contributed by atoms with Crippen LogP contribution in [0.1, 0.15) is 19.4 Å². The van der Waals surface area contributed by atoms with E-state index < -0.39 is 0 Å². The summed E-state index contributed by atoms with van der Waals surface area (Å²) in [6, 6.07) is 8.11. The van der Waals surface area contributed by atoms with Gasteiger partial charge in [-0.15, -0.1) is 0 Å². The third kappa shape index (κ3) is 6.42. The molecule has 0 bridgehead atoms. The monoisotopic (exact) mass is 249 g/mol. The Morgan fingerprint density at radius 2 is 2.17 bits per heavy atom. The molecule has 0 unspecified atom stereocenters. The summed E-state index contributed by atoms with van der Waals surface area (Å²) in [7, 11) is 1.71. The molecular formula is C15H23NO2. The van der Waals surface area contributed by atoms with Crippen LogP contribution in [0.2, 0.25) is 0 Å². The van der Waals surface area contributed by atoms with Crippen LogP contribution in [0.3, 0.4) is 0 Å². The third-order valence-electron chi connectivity index (χ3n) is 2.29. The second kappa shape index (κ2) is 8.72. The Kier molecular flexibility index (Phi) is 7.14. The Bertz CT molecular complexity index is 361.